The second kappa shape index (κ2) is 19.3. The number of aromatic amines is 1. The Kier molecular flexibility index (Phi) is 14.9. The molecule has 0 spiro atoms. The third-order valence-corrected chi connectivity index (χ3v) is 9.05. The molecule has 0 radical (unpaired) electrons. The Balaban J connectivity index is 0.000000845. The predicted molar refractivity (Wildman–Crippen MR) is 196 cm³/mol. The molecule has 0 unspecified atom stereocenters. The number of anilines is 1. The van der Waals surface area contributed by atoms with Gasteiger partial charge in [-0.3, -0.25) is 10.1 Å². The van der Waals surface area contributed by atoms with Gasteiger partial charge in [-0.2, -0.15) is 13.2 Å². The number of ether oxygens (including phenoxy) is 2. The zero-order valence-electron chi connectivity index (χ0n) is 30.3. The van der Waals surface area contributed by atoms with E-state index in [1.807, 2.05) is 48.5 Å². The van der Waals surface area contributed by atoms with Crippen molar-refractivity contribution in [3.05, 3.63) is 88.7 Å². The molecule has 1 fully saturated rings. The Hall–Kier alpha value is -5.12. The number of carbonyl (C=O) groups is 2. The van der Waals surface area contributed by atoms with Crippen molar-refractivity contribution in [1.82, 2.24) is 10.3 Å². The molecular formula is C39H47F3N4O8. The molecule has 292 valence electrons. The van der Waals surface area contributed by atoms with Crippen molar-refractivity contribution < 1.29 is 52.0 Å². The number of H-pyrrole nitrogens is 1. The lowest BCUT2D eigenvalue weighted by Gasteiger charge is -2.36. The van der Waals surface area contributed by atoms with Crippen LogP contribution in [0.2, 0.25) is 0 Å². The van der Waals surface area contributed by atoms with Crippen LogP contribution in [0.15, 0.2) is 77.6 Å². The topological polar surface area (TPSA) is 173 Å². The largest absolute Gasteiger partial charge is 0.542 e. The van der Waals surface area contributed by atoms with Gasteiger partial charge in [0.05, 0.1) is 51.1 Å². The first-order valence-electron chi connectivity index (χ1n) is 17.8. The first kappa shape index (κ1) is 41.6. The van der Waals surface area contributed by atoms with E-state index in [-0.39, 0.29) is 17.4 Å². The molecular weight excluding hydrogens is 709 g/mol. The molecule has 1 aliphatic heterocycles. The number of aromatic nitrogens is 1. The maximum Gasteiger partial charge on any atom is 0.430 e. The number of aliphatic hydroxyl groups excluding tert-OH is 1. The average Bonchev–Trinajstić information content (AvgIpc) is 3.12. The predicted octanol–water partition coefficient (Wildman–Crippen LogP) is 5.25. The van der Waals surface area contributed by atoms with Gasteiger partial charge in [-0.15, -0.1) is 0 Å². The number of unbranched alkanes of at least 4 members (excludes halogenated alkanes) is 3. The van der Waals surface area contributed by atoms with Gasteiger partial charge in [-0.1, -0.05) is 49.2 Å². The van der Waals surface area contributed by atoms with Gasteiger partial charge in [0.25, 0.3) is 0 Å². The number of amides is 1. The molecule has 4 aromatic rings. The van der Waals surface area contributed by atoms with Crippen molar-refractivity contribution in [1.29, 1.82) is 0 Å². The Labute approximate surface area is 311 Å². The number of pyridine rings is 1. The molecule has 15 heteroatoms. The van der Waals surface area contributed by atoms with E-state index in [1.165, 1.54) is 12.1 Å². The van der Waals surface area contributed by atoms with E-state index in [9.17, 15) is 33.0 Å². The lowest BCUT2D eigenvalue weighted by atomic mass is 10.0. The number of likely N-dealkylation sites (tertiary alicyclic amines) is 1. The van der Waals surface area contributed by atoms with Gasteiger partial charge < -0.3 is 44.4 Å². The number of halogens is 3. The fraction of sp³-hybridized carbons (Fsp3) is 0.410. The monoisotopic (exact) mass is 756 g/mol. The van der Waals surface area contributed by atoms with Gasteiger partial charge in [-0.25, -0.2) is 4.79 Å². The number of quaternary nitrogens is 1. The third-order valence-electron chi connectivity index (χ3n) is 9.05. The number of phenols is 1. The number of nitrogens with zero attached hydrogens (tertiary/aromatic N) is 1. The van der Waals surface area contributed by atoms with Crippen molar-refractivity contribution in [3.8, 4) is 22.6 Å². The number of hydrogen-bond donors (Lipinski definition) is 5. The van der Waals surface area contributed by atoms with Gasteiger partial charge in [0, 0.05) is 42.5 Å². The highest BCUT2D eigenvalue weighted by atomic mass is 19.4. The van der Waals surface area contributed by atoms with Crippen LogP contribution in [0.3, 0.4) is 0 Å². The van der Waals surface area contributed by atoms with Crippen LogP contribution in [0, 0.1) is 0 Å². The molecule has 0 bridgehead atoms. The van der Waals surface area contributed by atoms with Gasteiger partial charge >= 0.3 is 12.3 Å². The molecule has 54 heavy (non-hydrogen) atoms. The number of aliphatic hydroxyl groups is 1. The standard InChI is InChI=1S/C37H46N4O6.C2HF3O2/c1-41(2)21-18-27(19-22-41)47-37(45)39-32-24-28(12-13-29(32)26-10-6-5-7-11-26)46-23-9-4-3-8-20-38-25-34(43)30-14-16-33(42)36-31(30)15-17-35(44)40-36;3-2(4,5)1(6)7/h5-7,10-17,24,27,34,38,43H,3-4,8-9,18-23,25H2,1-2H3,(H2-,39,40,42,44,45);(H,6,7)/t34-;/m0./s1. The van der Waals surface area contributed by atoms with Crippen LogP contribution < -0.4 is 26.0 Å². The number of phenolic OH excluding ortho intramolecular Hbond substituents is 1. The first-order valence-corrected chi connectivity index (χ1v) is 17.8. The molecule has 5 rings (SSSR count). The molecule has 12 nitrogen and oxygen atoms in total. The van der Waals surface area contributed by atoms with E-state index < -0.39 is 24.3 Å². The molecule has 1 aliphatic rings. The number of aromatic hydroxyl groups is 1. The van der Waals surface area contributed by atoms with E-state index in [4.69, 9.17) is 19.4 Å². The van der Waals surface area contributed by atoms with E-state index >= 15 is 0 Å². The summed E-state index contributed by atoms with van der Waals surface area (Å²) in [4.78, 5) is 36.0. The summed E-state index contributed by atoms with van der Waals surface area (Å²) < 4.78 is 44.4. The fourth-order valence-electron chi connectivity index (χ4n) is 6.03. The van der Waals surface area contributed by atoms with Crippen molar-refractivity contribution in [2.24, 2.45) is 0 Å². The van der Waals surface area contributed by atoms with E-state index in [2.05, 4.69) is 29.7 Å². The SMILES string of the molecule is C[N+]1(C)CCC(OC(=O)Nc2cc(OCCCCCCNC[C@H](O)c3ccc(O)c4[nH]c(=O)ccc34)ccc2-c2ccccc2)CC1.O=C([O-])C(F)(F)F. The normalized spacial score (nSPS) is 14.8. The number of carboxylic acid groups (broad SMARTS) is 1. The number of alkyl halides is 3. The molecule has 0 saturated carbocycles. The second-order valence-corrected chi connectivity index (χ2v) is 13.7. The Bertz CT molecular complexity index is 1890. The number of hydrogen-bond acceptors (Lipinski definition) is 9. The lowest BCUT2D eigenvalue weighted by molar-refractivity contribution is -0.896. The van der Waals surface area contributed by atoms with E-state index in [0.29, 0.717) is 41.1 Å². The average molecular weight is 757 g/mol. The molecule has 0 aliphatic carbocycles. The van der Waals surface area contributed by atoms with E-state index in [1.54, 1.807) is 12.1 Å². The number of rotatable bonds is 14. The summed E-state index contributed by atoms with van der Waals surface area (Å²) in [5.41, 5.74) is 3.24. The van der Waals surface area contributed by atoms with Crippen molar-refractivity contribution in [2.75, 3.05) is 52.2 Å². The minimum absolute atomic E-state index is 0.0229. The van der Waals surface area contributed by atoms with E-state index in [0.717, 1.165) is 73.8 Å². The summed E-state index contributed by atoms with van der Waals surface area (Å²) in [5, 5.41) is 36.5. The molecule has 5 N–H and O–H groups in total. The summed E-state index contributed by atoms with van der Waals surface area (Å²) in [6.07, 6.45) is -0.916. The number of aliphatic carboxylic acids is 1. The smallest absolute Gasteiger partial charge is 0.430 e. The van der Waals surface area contributed by atoms with Crippen molar-refractivity contribution >= 4 is 28.7 Å². The van der Waals surface area contributed by atoms with Gasteiger partial charge in [0.1, 0.15) is 23.6 Å². The van der Waals surface area contributed by atoms with Crippen LogP contribution in [0.5, 0.6) is 11.5 Å². The fourth-order valence-corrected chi connectivity index (χ4v) is 6.03. The highest BCUT2D eigenvalue weighted by molar-refractivity contribution is 5.92. The summed E-state index contributed by atoms with van der Waals surface area (Å²) in [7, 11) is 4.40. The minimum Gasteiger partial charge on any atom is -0.542 e. The molecule has 3 aromatic carbocycles. The van der Waals surface area contributed by atoms with Crippen molar-refractivity contribution in [2.45, 2.75) is 56.9 Å². The molecule has 1 saturated heterocycles. The minimum atomic E-state index is -5.19. The number of fused-ring (bicyclic) bond motifs is 1. The molecule has 1 aromatic heterocycles. The zero-order chi connectivity index (χ0) is 39.3. The summed E-state index contributed by atoms with van der Waals surface area (Å²) in [5.74, 6) is -2.34. The first-order chi connectivity index (χ1) is 25.6. The number of benzene rings is 3. The van der Waals surface area contributed by atoms with Crippen molar-refractivity contribution in [3.63, 3.8) is 0 Å². The highest BCUT2D eigenvalue weighted by Gasteiger charge is 2.29. The lowest BCUT2D eigenvalue weighted by Crippen LogP contribution is -2.48. The van der Waals surface area contributed by atoms with Crippen LogP contribution in [-0.4, -0.2) is 90.9 Å². The summed E-state index contributed by atoms with van der Waals surface area (Å²) in [6.45, 7) is 3.66. The quantitative estimate of drug-likeness (QED) is 0.0852. The zero-order valence-corrected chi connectivity index (χ0v) is 30.3. The second-order valence-electron chi connectivity index (χ2n) is 13.7. The van der Waals surface area contributed by atoms with Crippen LogP contribution in [0.1, 0.15) is 50.2 Å². The van der Waals surface area contributed by atoms with Crippen LogP contribution in [0.25, 0.3) is 22.0 Å². The third kappa shape index (κ3) is 12.8. The number of carbonyl (C=O) groups excluding carboxylic acids is 2. The van der Waals surface area contributed by atoms with Crippen LogP contribution >= 0.6 is 0 Å². The summed E-state index contributed by atoms with van der Waals surface area (Å²) in [6, 6.07) is 21.9. The summed E-state index contributed by atoms with van der Waals surface area (Å²) >= 11 is 0. The number of carboxylic acids is 1. The van der Waals surface area contributed by atoms with Crippen LogP contribution in [0.4, 0.5) is 23.7 Å². The van der Waals surface area contributed by atoms with Gasteiger partial charge in [-0.05, 0) is 54.8 Å². The molecule has 2 heterocycles. The highest BCUT2D eigenvalue weighted by Crippen LogP contribution is 2.32. The maximum atomic E-state index is 12.9. The molecule has 1 amide bonds. The molecule has 1 atom stereocenters. The Morgan fingerprint density at radius 2 is 1.67 bits per heavy atom. The van der Waals surface area contributed by atoms with Gasteiger partial charge in [0.15, 0.2) is 0 Å². The van der Waals surface area contributed by atoms with Gasteiger partial charge in [0.2, 0.25) is 5.56 Å². The Morgan fingerprint density at radius 3 is 2.35 bits per heavy atom. The Morgan fingerprint density at radius 1 is 0.981 bits per heavy atom. The maximum absolute atomic E-state index is 12.9. The van der Waals surface area contributed by atoms with Crippen LogP contribution in [-0.2, 0) is 9.53 Å². The number of piperidine rings is 1. The number of nitrogens with one attached hydrogen (secondary N) is 3.